The molecule has 5 nitrogen and oxygen atoms in total. The van der Waals surface area contributed by atoms with Gasteiger partial charge in [0, 0.05) is 30.8 Å². The number of benzene rings is 3. The van der Waals surface area contributed by atoms with Crippen molar-refractivity contribution in [2.24, 2.45) is 0 Å². The quantitative estimate of drug-likeness (QED) is 0.297. The summed E-state index contributed by atoms with van der Waals surface area (Å²) in [6.07, 6.45) is 0. The van der Waals surface area contributed by atoms with E-state index in [9.17, 15) is 4.79 Å². The van der Waals surface area contributed by atoms with Gasteiger partial charge in [-0.1, -0.05) is 83.5 Å². The van der Waals surface area contributed by atoms with Crippen molar-refractivity contribution in [1.29, 1.82) is 0 Å². The van der Waals surface area contributed by atoms with Crippen molar-refractivity contribution in [3.05, 3.63) is 107 Å². The highest BCUT2D eigenvalue weighted by Gasteiger charge is 2.26. The lowest BCUT2D eigenvalue weighted by atomic mass is 10.1. The molecule has 4 rings (SSSR count). The molecule has 34 heavy (non-hydrogen) atoms. The minimum atomic E-state index is -0.0189. The number of carbonyl (C=O) groups is 1. The molecule has 5 heteroatoms. The summed E-state index contributed by atoms with van der Waals surface area (Å²) >= 11 is 0. The van der Waals surface area contributed by atoms with Crippen molar-refractivity contribution in [1.82, 2.24) is 10.1 Å². The molecular weight excluding hydrogens is 422 g/mol. The van der Waals surface area contributed by atoms with Gasteiger partial charge in [0.05, 0.1) is 12.1 Å². The van der Waals surface area contributed by atoms with Crippen molar-refractivity contribution in [3.8, 4) is 11.3 Å². The number of anilines is 1. The summed E-state index contributed by atoms with van der Waals surface area (Å²) in [6, 6.07) is 27.8. The van der Waals surface area contributed by atoms with Gasteiger partial charge in [0.1, 0.15) is 5.69 Å². The smallest absolute Gasteiger partial charge is 0.254 e. The molecule has 1 aromatic heterocycles. The zero-order chi connectivity index (χ0) is 23.9. The lowest BCUT2D eigenvalue weighted by Gasteiger charge is -2.25. The Morgan fingerprint density at radius 2 is 1.44 bits per heavy atom. The molecule has 3 aromatic carbocycles. The number of amides is 1. The van der Waals surface area contributed by atoms with E-state index in [0.29, 0.717) is 18.7 Å². The zero-order valence-electron chi connectivity index (χ0n) is 20.1. The molecule has 0 saturated carbocycles. The average Bonchev–Trinajstić information content (AvgIpc) is 3.29. The third-order valence-corrected chi connectivity index (χ3v) is 6.02. The van der Waals surface area contributed by atoms with Crippen molar-refractivity contribution < 1.29 is 9.32 Å². The zero-order valence-corrected chi connectivity index (χ0v) is 20.1. The number of nitrogens with zero attached hydrogens (tertiary/aromatic N) is 3. The Hall–Kier alpha value is -3.86. The number of aryl methyl sites for hydroxylation is 1. The first-order chi connectivity index (χ1) is 16.6. The van der Waals surface area contributed by atoms with Gasteiger partial charge in [-0.15, -0.1) is 0 Å². The van der Waals surface area contributed by atoms with Crippen LogP contribution in [-0.4, -0.2) is 29.1 Å². The van der Waals surface area contributed by atoms with Gasteiger partial charge >= 0.3 is 0 Å². The van der Waals surface area contributed by atoms with Gasteiger partial charge in [0.15, 0.2) is 0 Å². The van der Waals surface area contributed by atoms with Crippen LogP contribution < -0.4 is 4.90 Å². The van der Waals surface area contributed by atoms with Crippen molar-refractivity contribution in [3.63, 3.8) is 0 Å². The van der Waals surface area contributed by atoms with Gasteiger partial charge < -0.3 is 14.3 Å². The van der Waals surface area contributed by atoms with E-state index in [1.54, 1.807) is 0 Å². The van der Waals surface area contributed by atoms with Crippen LogP contribution in [0, 0.1) is 6.92 Å². The van der Waals surface area contributed by atoms with Crippen LogP contribution in [0.15, 0.2) is 89.5 Å². The Bertz CT molecular complexity index is 1200. The van der Waals surface area contributed by atoms with Gasteiger partial charge in [-0.25, -0.2) is 0 Å². The summed E-state index contributed by atoms with van der Waals surface area (Å²) in [7, 11) is 0. The lowest BCUT2D eigenvalue weighted by Crippen LogP contribution is -2.31. The number of aromatic nitrogens is 1. The van der Waals surface area contributed by atoms with Gasteiger partial charge in [0.2, 0.25) is 5.88 Å². The number of hydrogen-bond acceptors (Lipinski definition) is 4. The second-order valence-electron chi connectivity index (χ2n) is 8.37. The second-order valence-corrected chi connectivity index (χ2v) is 8.37. The van der Waals surface area contributed by atoms with Gasteiger partial charge in [-0.05, 0) is 38.5 Å². The molecule has 4 aromatic rings. The van der Waals surface area contributed by atoms with Crippen molar-refractivity contribution in [2.75, 3.05) is 18.0 Å². The van der Waals surface area contributed by atoms with E-state index in [1.807, 2.05) is 96.8 Å². The summed E-state index contributed by atoms with van der Waals surface area (Å²) in [5, 5.41) is 4.45. The van der Waals surface area contributed by atoms with Gasteiger partial charge in [-0.3, -0.25) is 4.79 Å². The molecule has 1 heterocycles. The summed E-state index contributed by atoms with van der Waals surface area (Å²) in [5.74, 6) is 0.702. The molecule has 0 radical (unpaired) electrons. The number of hydrogen-bond donors (Lipinski definition) is 0. The minimum absolute atomic E-state index is 0.0189. The molecule has 0 atom stereocenters. The molecular formula is C29H31N3O2. The average molecular weight is 454 g/mol. The first-order valence-electron chi connectivity index (χ1n) is 11.8. The van der Waals surface area contributed by atoms with E-state index in [0.717, 1.165) is 46.9 Å². The van der Waals surface area contributed by atoms with Crippen LogP contribution >= 0.6 is 0 Å². The second kappa shape index (κ2) is 10.8. The fourth-order valence-electron chi connectivity index (χ4n) is 4.10. The predicted molar refractivity (Wildman–Crippen MR) is 137 cm³/mol. The first-order valence-corrected chi connectivity index (χ1v) is 11.8. The number of carbonyl (C=O) groups excluding carboxylic acids is 1. The molecule has 0 aliphatic heterocycles. The molecule has 0 spiro atoms. The van der Waals surface area contributed by atoms with E-state index in [-0.39, 0.29) is 5.91 Å². The van der Waals surface area contributed by atoms with Crippen LogP contribution in [0.5, 0.6) is 0 Å². The summed E-state index contributed by atoms with van der Waals surface area (Å²) in [5.41, 5.74) is 5.54. The highest BCUT2D eigenvalue weighted by molar-refractivity contribution is 5.94. The lowest BCUT2D eigenvalue weighted by molar-refractivity contribution is 0.0730. The maximum Gasteiger partial charge on any atom is 0.254 e. The molecule has 0 N–H and O–H groups in total. The highest BCUT2D eigenvalue weighted by atomic mass is 16.5. The van der Waals surface area contributed by atoms with Crippen LogP contribution in [0.25, 0.3) is 11.3 Å². The summed E-state index contributed by atoms with van der Waals surface area (Å²) < 4.78 is 5.88. The van der Waals surface area contributed by atoms with Gasteiger partial charge in [0.25, 0.3) is 5.91 Å². The molecule has 1 amide bonds. The topological polar surface area (TPSA) is 49.6 Å². The standard InChI is InChI=1S/C29H31N3O2/c1-4-31(5-2)29-26(27(30-34-29)24-14-10-7-11-15-24)21-32(20-23-12-8-6-9-13-23)28(33)25-18-16-22(3)17-19-25/h6-19H,4-5,20-21H2,1-3H3. The molecule has 0 aliphatic carbocycles. The van der Waals surface area contributed by atoms with Crippen LogP contribution in [-0.2, 0) is 13.1 Å². The molecule has 0 saturated heterocycles. The van der Waals surface area contributed by atoms with E-state index < -0.39 is 0 Å². The molecule has 174 valence electrons. The highest BCUT2D eigenvalue weighted by Crippen LogP contribution is 2.33. The summed E-state index contributed by atoms with van der Waals surface area (Å²) in [4.78, 5) is 17.7. The maximum absolute atomic E-state index is 13.7. The van der Waals surface area contributed by atoms with E-state index >= 15 is 0 Å². The van der Waals surface area contributed by atoms with Crippen LogP contribution in [0.4, 0.5) is 5.88 Å². The third kappa shape index (κ3) is 5.20. The van der Waals surface area contributed by atoms with E-state index in [1.165, 1.54) is 0 Å². The van der Waals surface area contributed by atoms with Crippen molar-refractivity contribution in [2.45, 2.75) is 33.9 Å². The monoisotopic (exact) mass is 453 g/mol. The Labute approximate surface area is 201 Å². The van der Waals surface area contributed by atoms with E-state index in [2.05, 4.69) is 23.9 Å². The molecule has 0 unspecified atom stereocenters. The maximum atomic E-state index is 13.7. The van der Waals surface area contributed by atoms with Gasteiger partial charge in [-0.2, -0.15) is 0 Å². The minimum Gasteiger partial charge on any atom is -0.341 e. The van der Waals surface area contributed by atoms with Crippen LogP contribution in [0.2, 0.25) is 0 Å². The molecule has 0 fully saturated rings. The Morgan fingerprint density at radius 3 is 2.06 bits per heavy atom. The molecule has 0 bridgehead atoms. The SMILES string of the molecule is CCN(CC)c1onc(-c2ccccc2)c1CN(Cc1ccccc1)C(=O)c1ccc(C)cc1. The molecule has 0 aliphatic rings. The fraction of sp³-hybridized carbons (Fsp3) is 0.241. The first kappa shape index (κ1) is 23.3. The fourth-order valence-corrected chi connectivity index (χ4v) is 4.10. The Morgan fingerprint density at radius 1 is 0.824 bits per heavy atom. The van der Waals surface area contributed by atoms with Crippen molar-refractivity contribution >= 4 is 11.8 Å². The summed E-state index contributed by atoms with van der Waals surface area (Å²) in [6.45, 7) is 8.67. The third-order valence-electron chi connectivity index (χ3n) is 6.02. The Kier molecular flexibility index (Phi) is 7.43. The van der Waals surface area contributed by atoms with Crippen LogP contribution in [0.3, 0.4) is 0 Å². The largest absolute Gasteiger partial charge is 0.341 e. The number of rotatable bonds is 9. The van der Waals surface area contributed by atoms with Crippen LogP contribution in [0.1, 0.15) is 40.9 Å². The normalized spacial score (nSPS) is 10.8. The van der Waals surface area contributed by atoms with E-state index in [4.69, 9.17) is 4.52 Å². The predicted octanol–water partition coefficient (Wildman–Crippen LogP) is 6.34. The Balaban J connectivity index is 1.77.